The first-order chi connectivity index (χ1) is 11.6. The van der Waals surface area contributed by atoms with Crippen molar-refractivity contribution in [1.29, 1.82) is 0 Å². The van der Waals surface area contributed by atoms with E-state index in [9.17, 15) is 9.59 Å². The molecular weight excluding hydrogens is 326 g/mol. The molecule has 0 aliphatic carbocycles. The number of halogens is 1. The Labute approximate surface area is 149 Å². The topological polar surface area (TPSA) is 46.6 Å². The molecule has 1 fully saturated rings. The highest BCUT2D eigenvalue weighted by atomic mass is 35.5. The van der Waals surface area contributed by atoms with E-state index in [4.69, 9.17) is 16.3 Å². The molecule has 2 atom stereocenters. The number of rotatable bonds is 7. The Bertz CT molecular complexity index is 558. The highest BCUT2D eigenvalue weighted by Gasteiger charge is 2.37. The van der Waals surface area contributed by atoms with Crippen molar-refractivity contribution in [3.8, 4) is 0 Å². The zero-order chi connectivity index (χ0) is 17.5. The number of nitrogens with zero attached hydrogens (tertiary/aromatic N) is 1. The molecule has 1 aromatic rings. The summed E-state index contributed by atoms with van der Waals surface area (Å²) >= 11 is 5.97. The van der Waals surface area contributed by atoms with Gasteiger partial charge in [0.2, 0.25) is 5.91 Å². The molecule has 1 saturated heterocycles. The summed E-state index contributed by atoms with van der Waals surface area (Å²) in [5, 5.41) is 0.665. The summed E-state index contributed by atoms with van der Waals surface area (Å²) in [5.74, 6) is -0.263. The quantitative estimate of drug-likeness (QED) is 0.536. The van der Waals surface area contributed by atoms with E-state index in [2.05, 4.69) is 6.92 Å². The second-order valence-electron chi connectivity index (χ2n) is 6.21. The summed E-state index contributed by atoms with van der Waals surface area (Å²) in [6.07, 6.45) is 4.55. The molecule has 0 radical (unpaired) electrons. The van der Waals surface area contributed by atoms with Gasteiger partial charge in [-0.25, -0.2) is 4.79 Å². The molecule has 1 aliphatic rings. The van der Waals surface area contributed by atoms with Crippen molar-refractivity contribution in [2.24, 2.45) is 0 Å². The first-order valence-corrected chi connectivity index (χ1v) is 9.19. The van der Waals surface area contributed by atoms with Gasteiger partial charge in [0, 0.05) is 11.4 Å². The molecule has 4 nitrogen and oxygen atoms in total. The zero-order valence-electron chi connectivity index (χ0n) is 14.5. The zero-order valence-corrected chi connectivity index (χ0v) is 15.2. The number of carbonyl (C=O) groups is 2. The van der Waals surface area contributed by atoms with Gasteiger partial charge in [0.15, 0.2) is 0 Å². The van der Waals surface area contributed by atoms with Gasteiger partial charge < -0.3 is 9.64 Å². The highest BCUT2D eigenvalue weighted by molar-refractivity contribution is 6.30. The SMILES string of the molecule is CCCCOC(=O)C(CC)N1C(=O)CCCC1c1ccc(Cl)cc1. The Morgan fingerprint density at radius 1 is 1.33 bits per heavy atom. The molecule has 1 amide bonds. The predicted molar refractivity (Wildman–Crippen MR) is 94.8 cm³/mol. The maximum atomic E-state index is 12.6. The number of likely N-dealkylation sites (tertiary alicyclic amines) is 1. The van der Waals surface area contributed by atoms with Crippen molar-refractivity contribution in [3.63, 3.8) is 0 Å². The van der Waals surface area contributed by atoms with Crippen molar-refractivity contribution >= 4 is 23.5 Å². The fourth-order valence-electron chi connectivity index (χ4n) is 3.18. The first-order valence-electron chi connectivity index (χ1n) is 8.81. The average molecular weight is 352 g/mol. The summed E-state index contributed by atoms with van der Waals surface area (Å²) in [6.45, 7) is 4.39. The van der Waals surface area contributed by atoms with E-state index in [-0.39, 0.29) is 17.9 Å². The summed E-state index contributed by atoms with van der Waals surface area (Å²) in [4.78, 5) is 26.8. The number of benzene rings is 1. The van der Waals surface area contributed by atoms with Crippen LogP contribution in [-0.2, 0) is 14.3 Å². The van der Waals surface area contributed by atoms with Gasteiger partial charge in [-0.3, -0.25) is 4.79 Å². The lowest BCUT2D eigenvalue weighted by atomic mass is 9.92. The molecule has 0 spiro atoms. The summed E-state index contributed by atoms with van der Waals surface area (Å²) in [5.41, 5.74) is 1.02. The fraction of sp³-hybridized carbons (Fsp3) is 0.579. The summed E-state index contributed by atoms with van der Waals surface area (Å²) in [7, 11) is 0. The standard InChI is InChI=1S/C19H26ClNO3/c1-3-5-13-24-19(23)16(4-2)21-17(7-6-8-18(21)22)14-9-11-15(20)12-10-14/h9-12,16-17H,3-8,13H2,1-2H3. The molecule has 5 heteroatoms. The van der Waals surface area contributed by atoms with E-state index >= 15 is 0 Å². The van der Waals surface area contributed by atoms with Gasteiger partial charge in [0.05, 0.1) is 12.6 Å². The van der Waals surface area contributed by atoms with Crippen LogP contribution in [0.3, 0.4) is 0 Å². The van der Waals surface area contributed by atoms with Gasteiger partial charge in [0.25, 0.3) is 0 Å². The van der Waals surface area contributed by atoms with Crippen LogP contribution in [0.2, 0.25) is 5.02 Å². The van der Waals surface area contributed by atoms with Crippen LogP contribution in [0.5, 0.6) is 0 Å². The third-order valence-electron chi connectivity index (χ3n) is 4.48. The van der Waals surface area contributed by atoms with E-state index in [1.54, 1.807) is 4.90 Å². The van der Waals surface area contributed by atoms with Crippen LogP contribution < -0.4 is 0 Å². The van der Waals surface area contributed by atoms with Gasteiger partial charge in [-0.15, -0.1) is 0 Å². The van der Waals surface area contributed by atoms with Crippen molar-refractivity contribution in [1.82, 2.24) is 4.90 Å². The van der Waals surface area contributed by atoms with Crippen LogP contribution in [0.4, 0.5) is 0 Å². The second-order valence-corrected chi connectivity index (χ2v) is 6.64. The maximum absolute atomic E-state index is 12.6. The lowest BCUT2D eigenvalue weighted by molar-refractivity contribution is -0.159. The number of unbranched alkanes of at least 4 members (excludes halogenated alkanes) is 1. The third kappa shape index (κ3) is 4.50. The van der Waals surface area contributed by atoms with Gasteiger partial charge >= 0.3 is 5.97 Å². The van der Waals surface area contributed by atoms with Crippen LogP contribution in [-0.4, -0.2) is 29.4 Å². The minimum atomic E-state index is -0.518. The monoisotopic (exact) mass is 351 g/mol. The molecule has 0 saturated carbocycles. The van der Waals surface area contributed by atoms with Crippen LogP contribution in [0, 0.1) is 0 Å². The van der Waals surface area contributed by atoms with Crippen LogP contribution in [0.25, 0.3) is 0 Å². The number of piperidine rings is 1. The minimum absolute atomic E-state index is 0.0282. The lowest BCUT2D eigenvalue weighted by Crippen LogP contribution is -2.49. The van der Waals surface area contributed by atoms with E-state index in [0.717, 1.165) is 31.2 Å². The van der Waals surface area contributed by atoms with Crippen molar-refractivity contribution in [2.45, 2.75) is 64.5 Å². The molecule has 24 heavy (non-hydrogen) atoms. The van der Waals surface area contributed by atoms with Gasteiger partial charge in [-0.05, 0) is 43.4 Å². The molecule has 0 bridgehead atoms. The number of carbonyl (C=O) groups excluding carboxylic acids is 2. The number of ether oxygens (including phenoxy) is 1. The Kier molecular flexibility index (Phi) is 7.10. The molecule has 0 N–H and O–H groups in total. The van der Waals surface area contributed by atoms with E-state index in [1.807, 2.05) is 31.2 Å². The number of esters is 1. The Balaban J connectivity index is 2.21. The Hall–Kier alpha value is -1.55. The number of amides is 1. The van der Waals surface area contributed by atoms with Crippen LogP contribution in [0.1, 0.15) is 64.0 Å². The van der Waals surface area contributed by atoms with Gasteiger partial charge in [-0.2, -0.15) is 0 Å². The Morgan fingerprint density at radius 3 is 2.67 bits per heavy atom. The van der Waals surface area contributed by atoms with Crippen LogP contribution >= 0.6 is 11.6 Å². The fourth-order valence-corrected chi connectivity index (χ4v) is 3.31. The Morgan fingerprint density at radius 2 is 2.04 bits per heavy atom. The van der Waals surface area contributed by atoms with Crippen molar-refractivity contribution in [3.05, 3.63) is 34.9 Å². The predicted octanol–water partition coefficient (Wildman–Crippen LogP) is 4.52. The number of hydrogen-bond donors (Lipinski definition) is 0. The largest absolute Gasteiger partial charge is 0.464 e. The lowest BCUT2D eigenvalue weighted by Gasteiger charge is -2.40. The van der Waals surface area contributed by atoms with E-state index in [0.29, 0.717) is 24.5 Å². The molecule has 1 aliphatic heterocycles. The first kappa shape index (κ1) is 18.8. The highest BCUT2D eigenvalue weighted by Crippen LogP contribution is 2.34. The molecule has 1 heterocycles. The average Bonchev–Trinajstić information content (AvgIpc) is 2.58. The molecular formula is C19H26ClNO3. The maximum Gasteiger partial charge on any atom is 0.328 e. The molecule has 2 unspecified atom stereocenters. The third-order valence-corrected chi connectivity index (χ3v) is 4.74. The second kappa shape index (κ2) is 9.07. The van der Waals surface area contributed by atoms with E-state index in [1.165, 1.54) is 0 Å². The normalized spacial score (nSPS) is 19.2. The molecule has 132 valence electrons. The smallest absolute Gasteiger partial charge is 0.328 e. The molecule has 0 aromatic heterocycles. The van der Waals surface area contributed by atoms with Crippen LogP contribution in [0.15, 0.2) is 24.3 Å². The molecule has 1 aromatic carbocycles. The summed E-state index contributed by atoms with van der Waals surface area (Å²) in [6, 6.07) is 6.92. The summed E-state index contributed by atoms with van der Waals surface area (Å²) < 4.78 is 5.39. The minimum Gasteiger partial charge on any atom is -0.464 e. The molecule has 2 rings (SSSR count). The number of hydrogen-bond acceptors (Lipinski definition) is 3. The van der Waals surface area contributed by atoms with Crippen molar-refractivity contribution in [2.75, 3.05) is 6.61 Å². The van der Waals surface area contributed by atoms with Gasteiger partial charge in [-0.1, -0.05) is 44.0 Å². The van der Waals surface area contributed by atoms with E-state index < -0.39 is 6.04 Å². The van der Waals surface area contributed by atoms with Gasteiger partial charge in [0.1, 0.15) is 6.04 Å². The van der Waals surface area contributed by atoms with Crippen molar-refractivity contribution < 1.29 is 14.3 Å².